The predicted octanol–water partition coefficient (Wildman–Crippen LogP) is 1.80. The molecule has 1 aromatic carbocycles. The first-order chi connectivity index (χ1) is 17.9. The maximum Gasteiger partial charge on any atom is 0.462 e. The minimum Gasteiger partial charge on any atom is -0.480 e. The van der Waals surface area contributed by atoms with Gasteiger partial charge in [0.2, 0.25) is 5.79 Å². The molecule has 206 valence electrons. The lowest BCUT2D eigenvalue weighted by Gasteiger charge is -2.31. The van der Waals surface area contributed by atoms with Gasteiger partial charge in [0.05, 0.1) is 6.61 Å². The lowest BCUT2D eigenvalue weighted by molar-refractivity contribution is -0.230. The summed E-state index contributed by atoms with van der Waals surface area (Å²) in [6.45, 7) is 2.22. The SMILES string of the molecule is CC(C)CN(CC(=O)O)[P@@](=O)(OC[C@H]1O[C@@](O)(c2ccc3c(N)ncnn23)[C@H](F)[C@@H]1O)Oc1ccccc1. The second-order valence-electron chi connectivity index (χ2n) is 9.21. The van der Waals surface area contributed by atoms with Gasteiger partial charge in [-0.1, -0.05) is 32.0 Å². The average Bonchev–Trinajstić information content (AvgIpc) is 3.39. The Kier molecular flexibility index (Phi) is 8.02. The third kappa shape index (κ3) is 5.51. The number of nitrogens with two attached hydrogens (primary N) is 1. The zero-order valence-corrected chi connectivity index (χ0v) is 21.5. The van der Waals surface area contributed by atoms with Gasteiger partial charge in [0.1, 0.15) is 42.0 Å². The van der Waals surface area contributed by atoms with E-state index in [1.165, 1.54) is 24.3 Å². The second kappa shape index (κ2) is 10.9. The fraction of sp³-hybridized carbons (Fsp3) is 0.435. The fourth-order valence-electron chi connectivity index (χ4n) is 4.12. The number of benzene rings is 1. The predicted molar refractivity (Wildman–Crippen MR) is 132 cm³/mol. The molecule has 0 aliphatic carbocycles. The number of alkyl halides is 1. The second-order valence-corrected chi connectivity index (χ2v) is 11.2. The van der Waals surface area contributed by atoms with Crippen LogP contribution in [0.15, 0.2) is 48.8 Å². The van der Waals surface area contributed by atoms with Crippen molar-refractivity contribution in [3.05, 3.63) is 54.5 Å². The molecule has 0 spiro atoms. The van der Waals surface area contributed by atoms with E-state index in [1.807, 2.05) is 0 Å². The Hall–Kier alpha value is -3.13. The molecule has 5 N–H and O–H groups in total. The van der Waals surface area contributed by atoms with Crippen molar-refractivity contribution in [3.63, 3.8) is 0 Å². The summed E-state index contributed by atoms with van der Waals surface area (Å²) in [7, 11) is -4.39. The van der Waals surface area contributed by atoms with Crippen molar-refractivity contribution in [3.8, 4) is 5.75 Å². The molecule has 13 nitrogen and oxygen atoms in total. The number of ether oxygens (including phenoxy) is 1. The monoisotopic (exact) mass is 553 g/mol. The van der Waals surface area contributed by atoms with E-state index in [0.717, 1.165) is 15.5 Å². The summed E-state index contributed by atoms with van der Waals surface area (Å²) in [6, 6.07) is 10.7. The number of aromatic nitrogens is 3. The average molecular weight is 553 g/mol. The zero-order chi connectivity index (χ0) is 27.7. The number of halogens is 1. The molecule has 0 bridgehead atoms. The molecule has 5 atom stereocenters. The van der Waals surface area contributed by atoms with Crippen LogP contribution in [0, 0.1) is 5.92 Å². The van der Waals surface area contributed by atoms with E-state index in [9.17, 15) is 24.7 Å². The number of fused-ring (bicyclic) bond motifs is 1. The highest BCUT2D eigenvalue weighted by molar-refractivity contribution is 7.51. The molecule has 0 saturated carbocycles. The van der Waals surface area contributed by atoms with E-state index in [0.29, 0.717) is 0 Å². The first kappa shape index (κ1) is 27.9. The number of carboxylic acids is 1. The van der Waals surface area contributed by atoms with Gasteiger partial charge >= 0.3 is 13.7 Å². The van der Waals surface area contributed by atoms with Crippen molar-refractivity contribution < 1.29 is 42.9 Å². The van der Waals surface area contributed by atoms with Crippen LogP contribution in [-0.4, -0.2) is 78.6 Å². The lowest BCUT2D eigenvalue weighted by atomic mass is 10.0. The van der Waals surface area contributed by atoms with Gasteiger partial charge < -0.3 is 30.3 Å². The van der Waals surface area contributed by atoms with Gasteiger partial charge in [-0.15, -0.1) is 0 Å². The number of hydrogen-bond acceptors (Lipinski definition) is 10. The van der Waals surface area contributed by atoms with Crippen LogP contribution in [0.3, 0.4) is 0 Å². The Bertz CT molecular complexity index is 1330. The highest BCUT2D eigenvalue weighted by atomic mass is 31.2. The number of aliphatic hydroxyl groups excluding tert-OH is 1. The topological polar surface area (TPSA) is 182 Å². The van der Waals surface area contributed by atoms with E-state index in [-0.39, 0.29) is 35.2 Å². The fourth-order valence-corrected chi connectivity index (χ4v) is 6.00. The van der Waals surface area contributed by atoms with E-state index in [2.05, 4.69) is 10.1 Å². The van der Waals surface area contributed by atoms with E-state index >= 15 is 4.39 Å². The van der Waals surface area contributed by atoms with Crippen LogP contribution in [0.4, 0.5) is 10.2 Å². The van der Waals surface area contributed by atoms with Crippen molar-refractivity contribution in [1.82, 2.24) is 19.3 Å². The van der Waals surface area contributed by atoms with Crippen molar-refractivity contribution >= 4 is 25.1 Å². The first-order valence-electron chi connectivity index (χ1n) is 11.7. The molecule has 15 heteroatoms. The normalized spacial score (nSPS) is 25.2. The number of hydrogen-bond donors (Lipinski definition) is 4. The summed E-state index contributed by atoms with van der Waals surface area (Å²) < 4.78 is 48.3. The van der Waals surface area contributed by atoms with Gasteiger partial charge in [-0.05, 0) is 30.2 Å². The number of nitrogens with zero attached hydrogens (tertiary/aromatic N) is 4. The van der Waals surface area contributed by atoms with Gasteiger partial charge in [-0.3, -0.25) is 9.32 Å². The molecule has 3 aromatic rings. The number of carboxylic acid groups (broad SMARTS) is 1. The Labute approximate surface area is 217 Å². The Balaban J connectivity index is 1.61. The van der Waals surface area contributed by atoms with E-state index in [1.54, 1.807) is 32.0 Å². The quantitative estimate of drug-likeness (QED) is 0.253. The molecule has 1 aliphatic heterocycles. The third-order valence-electron chi connectivity index (χ3n) is 5.84. The maximum absolute atomic E-state index is 15.3. The number of para-hydroxylation sites is 1. The molecular formula is C23H29FN5O8P. The standard InChI is InChI=1S/C23H29FN5O8P/c1-14(2)10-28(11-19(30)31)38(34,37-15-6-4-3-5-7-15)35-12-17-20(32)21(24)23(33,36-17)18-9-8-16-22(25)26-13-27-29(16)18/h3-9,13-14,17,20-21,32-33H,10-12H2,1-2H3,(H,30,31)(H2,25,26,27)/t17-,20-,21-,23+,38-/m1/s1. The van der Waals surface area contributed by atoms with Gasteiger partial charge in [-0.25, -0.2) is 18.5 Å². The summed E-state index contributed by atoms with van der Waals surface area (Å²) in [4.78, 5) is 15.4. The molecule has 1 saturated heterocycles. The number of nitrogen functional groups attached to an aromatic ring is 1. The van der Waals surface area contributed by atoms with Crippen LogP contribution in [0.25, 0.3) is 5.52 Å². The van der Waals surface area contributed by atoms with Crippen LogP contribution >= 0.6 is 7.75 Å². The molecule has 1 fully saturated rings. The highest BCUT2D eigenvalue weighted by Crippen LogP contribution is 2.53. The van der Waals surface area contributed by atoms with Crippen molar-refractivity contribution in [1.29, 1.82) is 0 Å². The van der Waals surface area contributed by atoms with Crippen molar-refractivity contribution in [2.24, 2.45) is 5.92 Å². The van der Waals surface area contributed by atoms with Crippen LogP contribution in [0.1, 0.15) is 19.5 Å². The summed E-state index contributed by atoms with van der Waals surface area (Å²) in [5.41, 5.74) is 5.92. The van der Waals surface area contributed by atoms with Crippen LogP contribution < -0.4 is 10.3 Å². The maximum atomic E-state index is 15.3. The number of aliphatic hydroxyl groups is 2. The Morgan fingerprint density at radius 1 is 1.32 bits per heavy atom. The molecule has 38 heavy (non-hydrogen) atoms. The molecule has 2 aromatic heterocycles. The third-order valence-corrected chi connectivity index (χ3v) is 7.75. The van der Waals surface area contributed by atoms with Gasteiger partial charge in [0.15, 0.2) is 12.0 Å². The molecule has 0 amide bonds. The smallest absolute Gasteiger partial charge is 0.462 e. The number of anilines is 1. The summed E-state index contributed by atoms with van der Waals surface area (Å²) in [6.07, 6.45) is -4.67. The molecule has 4 rings (SSSR count). The number of carbonyl (C=O) groups is 1. The van der Waals surface area contributed by atoms with Gasteiger partial charge in [-0.2, -0.15) is 9.77 Å². The molecule has 0 radical (unpaired) electrons. The number of rotatable bonds is 11. The van der Waals surface area contributed by atoms with E-state index < -0.39 is 51.0 Å². The summed E-state index contributed by atoms with van der Waals surface area (Å²) >= 11 is 0. The molecule has 3 heterocycles. The first-order valence-corrected chi connectivity index (χ1v) is 13.2. The Morgan fingerprint density at radius 2 is 2.03 bits per heavy atom. The van der Waals surface area contributed by atoms with Crippen molar-refractivity contribution in [2.75, 3.05) is 25.4 Å². The van der Waals surface area contributed by atoms with Gasteiger partial charge in [0.25, 0.3) is 0 Å². The van der Waals surface area contributed by atoms with E-state index in [4.69, 9.17) is 19.5 Å². The molecule has 0 unspecified atom stereocenters. The number of aliphatic carboxylic acids is 1. The molecule has 1 aliphatic rings. The van der Waals surface area contributed by atoms with Gasteiger partial charge in [0, 0.05) is 6.54 Å². The lowest BCUT2D eigenvalue weighted by Crippen LogP contribution is -2.39. The molecular weight excluding hydrogens is 524 g/mol. The summed E-state index contributed by atoms with van der Waals surface area (Å²) in [5.74, 6) is -3.85. The van der Waals surface area contributed by atoms with Crippen LogP contribution in [-0.2, 0) is 24.4 Å². The zero-order valence-electron chi connectivity index (χ0n) is 20.6. The minimum atomic E-state index is -4.39. The Morgan fingerprint density at radius 3 is 2.68 bits per heavy atom. The van der Waals surface area contributed by atoms with Crippen LogP contribution in [0.5, 0.6) is 5.75 Å². The van der Waals surface area contributed by atoms with Crippen LogP contribution in [0.2, 0.25) is 0 Å². The van der Waals surface area contributed by atoms with Crippen molar-refractivity contribution in [2.45, 2.75) is 38.0 Å². The largest absolute Gasteiger partial charge is 0.480 e. The summed E-state index contributed by atoms with van der Waals surface area (Å²) in [5, 5.41) is 35.1. The highest BCUT2D eigenvalue weighted by Gasteiger charge is 2.58. The minimum absolute atomic E-state index is 0.0252.